The fourth-order valence-electron chi connectivity index (χ4n) is 2.26. The zero-order valence-corrected chi connectivity index (χ0v) is 10.6. The number of nitrogens with zero attached hydrogens (tertiary/aromatic N) is 2. The number of primary amides is 1. The van der Waals surface area contributed by atoms with Crippen molar-refractivity contribution in [3.05, 3.63) is 17.8 Å². The van der Waals surface area contributed by atoms with Crippen LogP contribution < -0.4 is 16.4 Å². The first-order chi connectivity index (χ1) is 8.50. The molecule has 98 valence electrons. The van der Waals surface area contributed by atoms with E-state index in [2.05, 4.69) is 4.98 Å². The lowest BCUT2D eigenvalue weighted by Gasteiger charge is -2.28. The molecule has 1 aromatic rings. The zero-order chi connectivity index (χ0) is 13.3. The number of hydrogen-bond acceptors (Lipinski definition) is 5. The molecule has 0 aromatic carbocycles. The molecule has 0 radical (unpaired) electrons. The number of pyridine rings is 1. The fourth-order valence-corrected chi connectivity index (χ4v) is 2.26. The number of ether oxygens (including phenoxy) is 1. The van der Waals surface area contributed by atoms with Crippen molar-refractivity contribution >= 4 is 17.4 Å². The summed E-state index contributed by atoms with van der Waals surface area (Å²) in [4.78, 5) is 17.5. The number of carbonyl (C=O) groups is 1. The van der Waals surface area contributed by atoms with Crippen molar-refractivity contribution in [2.75, 3.05) is 24.3 Å². The summed E-state index contributed by atoms with van der Waals surface area (Å²) in [6.45, 7) is 2.77. The van der Waals surface area contributed by atoms with Gasteiger partial charge in [0.15, 0.2) is 0 Å². The van der Waals surface area contributed by atoms with Crippen molar-refractivity contribution < 1.29 is 9.53 Å². The normalized spacial score (nSPS) is 23.0. The summed E-state index contributed by atoms with van der Waals surface area (Å²) in [6, 6.07) is 1.88. The van der Waals surface area contributed by atoms with E-state index in [1.165, 1.54) is 6.20 Å². The van der Waals surface area contributed by atoms with Crippen molar-refractivity contribution in [1.29, 1.82) is 0 Å². The van der Waals surface area contributed by atoms with Crippen LogP contribution in [0.25, 0.3) is 0 Å². The number of carbonyl (C=O) groups excluding carboxylic acids is 1. The molecule has 0 spiro atoms. The Labute approximate surface area is 106 Å². The van der Waals surface area contributed by atoms with Crippen molar-refractivity contribution in [2.45, 2.75) is 25.5 Å². The van der Waals surface area contributed by atoms with E-state index >= 15 is 0 Å². The third kappa shape index (κ3) is 2.24. The highest BCUT2D eigenvalue weighted by atomic mass is 16.5. The number of hydrogen-bond donors (Lipinski definition) is 2. The molecule has 0 saturated carbocycles. The van der Waals surface area contributed by atoms with Gasteiger partial charge in [0, 0.05) is 13.7 Å². The largest absolute Gasteiger partial charge is 0.397 e. The predicted molar refractivity (Wildman–Crippen MR) is 69.4 cm³/mol. The van der Waals surface area contributed by atoms with Gasteiger partial charge in [0.1, 0.15) is 5.82 Å². The average molecular weight is 250 g/mol. The summed E-state index contributed by atoms with van der Waals surface area (Å²) >= 11 is 0. The Kier molecular flexibility index (Phi) is 3.38. The molecule has 0 bridgehead atoms. The van der Waals surface area contributed by atoms with Crippen molar-refractivity contribution in [2.24, 2.45) is 5.73 Å². The molecule has 1 aliphatic heterocycles. The van der Waals surface area contributed by atoms with Crippen molar-refractivity contribution in [3.8, 4) is 0 Å². The molecular weight excluding hydrogens is 232 g/mol. The van der Waals surface area contributed by atoms with Crippen LogP contribution in [-0.2, 0) is 4.74 Å². The molecule has 1 aromatic heterocycles. The van der Waals surface area contributed by atoms with Gasteiger partial charge in [0.25, 0.3) is 5.91 Å². The summed E-state index contributed by atoms with van der Waals surface area (Å²) < 4.78 is 5.52. The van der Waals surface area contributed by atoms with Gasteiger partial charge in [0.2, 0.25) is 0 Å². The highest BCUT2D eigenvalue weighted by Crippen LogP contribution is 2.24. The van der Waals surface area contributed by atoms with Crippen LogP contribution >= 0.6 is 0 Å². The van der Waals surface area contributed by atoms with Gasteiger partial charge in [-0.25, -0.2) is 4.98 Å². The van der Waals surface area contributed by atoms with E-state index in [9.17, 15) is 4.79 Å². The third-order valence-corrected chi connectivity index (χ3v) is 3.38. The SMILES string of the molecule is CC1OCCC1N(C)c1cc(C(N)=O)c(N)cn1. The molecule has 1 fully saturated rings. The van der Waals surface area contributed by atoms with Crippen LogP contribution in [-0.4, -0.2) is 36.7 Å². The van der Waals surface area contributed by atoms with E-state index in [1.54, 1.807) is 6.07 Å². The molecule has 2 rings (SSSR count). The number of likely N-dealkylation sites (N-methyl/N-ethyl adjacent to an activating group) is 1. The lowest BCUT2D eigenvalue weighted by molar-refractivity contribution is 0.100. The van der Waals surface area contributed by atoms with Crippen LogP contribution in [0.2, 0.25) is 0 Å². The molecule has 1 amide bonds. The molecule has 2 unspecified atom stereocenters. The van der Waals surface area contributed by atoms with Gasteiger partial charge in [-0.2, -0.15) is 0 Å². The minimum absolute atomic E-state index is 0.145. The number of anilines is 2. The van der Waals surface area contributed by atoms with E-state index in [0.717, 1.165) is 13.0 Å². The Morgan fingerprint density at radius 3 is 2.89 bits per heavy atom. The Morgan fingerprint density at radius 2 is 2.33 bits per heavy atom. The second kappa shape index (κ2) is 4.81. The molecule has 6 nitrogen and oxygen atoms in total. The molecule has 4 N–H and O–H groups in total. The summed E-state index contributed by atoms with van der Waals surface area (Å²) in [7, 11) is 1.93. The maximum atomic E-state index is 11.3. The van der Waals surface area contributed by atoms with Crippen LogP contribution in [0.5, 0.6) is 0 Å². The first kappa shape index (κ1) is 12.6. The predicted octanol–water partition coefficient (Wildman–Crippen LogP) is 0.376. The average Bonchev–Trinajstić information content (AvgIpc) is 2.75. The van der Waals surface area contributed by atoms with Gasteiger partial charge in [0.05, 0.1) is 29.6 Å². The lowest BCUT2D eigenvalue weighted by atomic mass is 10.1. The van der Waals surface area contributed by atoms with E-state index in [4.69, 9.17) is 16.2 Å². The van der Waals surface area contributed by atoms with Crippen LogP contribution in [0.3, 0.4) is 0 Å². The van der Waals surface area contributed by atoms with Crippen molar-refractivity contribution in [1.82, 2.24) is 4.98 Å². The molecule has 2 heterocycles. The maximum absolute atomic E-state index is 11.3. The molecule has 18 heavy (non-hydrogen) atoms. The van der Waals surface area contributed by atoms with E-state index in [0.29, 0.717) is 17.1 Å². The highest BCUT2D eigenvalue weighted by Gasteiger charge is 2.29. The molecule has 1 aliphatic rings. The molecule has 6 heteroatoms. The minimum Gasteiger partial charge on any atom is -0.397 e. The highest BCUT2D eigenvalue weighted by molar-refractivity contribution is 5.98. The Bertz CT molecular complexity index is 463. The summed E-state index contributed by atoms with van der Waals surface area (Å²) in [5.41, 5.74) is 11.5. The van der Waals surface area contributed by atoms with Crippen LogP contribution in [0.15, 0.2) is 12.3 Å². The number of rotatable bonds is 3. The van der Waals surface area contributed by atoms with Gasteiger partial charge in [-0.1, -0.05) is 0 Å². The van der Waals surface area contributed by atoms with Gasteiger partial charge >= 0.3 is 0 Å². The molecule has 2 atom stereocenters. The minimum atomic E-state index is -0.541. The quantitative estimate of drug-likeness (QED) is 0.808. The fraction of sp³-hybridized carbons (Fsp3) is 0.500. The lowest BCUT2D eigenvalue weighted by Crippen LogP contribution is -2.37. The topological polar surface area (TPSA) is 94.5 Å². The van der Waals surface area contributed by atoms with E-state index < -0.39 is 5.91 Å². The molecule has 0 aliphatic carbocycles. The first-order valence-corrected chi connectivity index (χ1v) is 5.90. The van der Waals surface area contributed by atoms with Gasteiger partial charge in [-0.15, -0.1) is 0 Å². The summed E-state index contributed by atoms with van der Waals surface area (Å²) in [5.74, 6) is 0.139. The van der Waals surface area contributed by atoms with E-state index in [-0.39, 0.29) is 12.1 Å². The number of nitrogens with two attached hydrogens (primary N) is 2. The van der Waals surface area contributed by atoms with Crippen LogP contribution in [0, 0.1) is 0 Å². The third-order valence-electron chi connectivity index (χ3n) is 3.38. The summed E-state index contributed by atoms with van der Waals surface area (Å²) in [6.07, 6.45) is 2.55. The van der Waals surface area contributed by atoms with Crippen LogP contribution in [0.4, 0.5) is 11.5 Å². The maximum Gasteiger partial charge on any atom is 0.250 e. The first-order valence-electron chi connectivity index (χ1n) is 5.90. The van der Waals surface area contributed by atoms with Crippen molar-refractivity contribution in [3.63, 3.8) is 0 Å². The number of nitrogen functional groups attached to an aromatic ring is 1. The number of amides is 1. The second-order valence-electron chi connectivity index (χ2n) is 4.54. The Morgan fingerprint density at radius 1 is 1.61 bits per heavy atom. The molecule has 1 saturated heterocycles. The zero-order valence-electron chi connectivity index (χ0n) is 10.6. The number of aromatic nitrogens is 1. The monoisotopic (exact) mass is 250 g/mol. The van der Waals surface area contributed by atoms with Gasteiger partial charge in [-0.05, 0) is 19.4 Å². The molecular formula is C12H18N4O2. The Hall–Kier alpha value is -1.82. The second-order valence-corrected chi connectivity index (χ2v) is 4.54. The smallest absolute Gasteiger partial charge is 0.250 e. The standard InChI is InChI=1S/C12H18N4O2/c1-7-10(3-4-18-7)16(2)11-5-8(12(14)17)9(13)6-15-11/h5-7,10H,3-4,13H2,1-2H3,(H2,14,17). The van der Waals surface area contributed by atoms with E-state index in [1.807, 2.05) is 18.9 Å². The summed E-state index contributed by atoms with van der Waals surface area (Å²) in [5, 5.41) is 0. The van der Waals surface area contributed by atoms with Gasteiger partial charge < -0.3 is 21.1 Å². The Balaban J connectivity index is 2.28. The van der Waals surface area contributed by atoms with Crippen LogP contribution in [0.1, 0.15) is 23.7 Å². The van der Waals surface area contributed by atoms with Gasteiger partial charge in [-0.3, -0.25) is 4.79 Å².